The van der Waals surface area contributed by atoms with Crippen molar-refractivity contribution < 1.29 is 14.7 Å². The number of aliphatic carboxylic acids is 1. The average molecular weight is 270 g/mol. The van der Waals surface area contributed by atoms with E-state index in [1.807, 2.05) is 16.8 Å². The van der Waals surface area contributed by atoms with Crippen molar-refractivity contribution >= 4 is 23.3 Å². The van der Waals surface area contributed by atoms with Crippen LogP contribution in [0, 0.1) is 5.41 Å². The largest absolute Gasteiger partial charge is 0.481 e. The van der Waals surface area contributed by atoms with E-state index in [2.05, 4.69) is 10.6 Å². The Hall–Kier alpha value is -1.56. The number of thiophene rings is 1. The van der Waals surface area contributed by atoms with Crippen LogP contribution in [-0.2, 0) is 11.3 Å². The van der Waals surface area contributed by atoms with Crippen molar-refractivity contribution in [3.8, 4) is 0 Å². The van der Waals surface area contributed by atoms with Crippen LogP contribution in [0.2, 0.25) is 0 Å². The van der Waals surface area contributed by atoms with Crippen LogP contribution in [0.3, 0.4) is 0 Å². The molecule has 3 N–H and O–H groups in total. The van der Waals surface area contributed by atoms with E-state index in [4.69, 9.17) is 5.11 Å². The molecule has 0 saturated heterocycles. The maximum Gasteiger partial charge on any atom is 0.315 e. The van der Waals surface area contributed by atoms with E-state index >= 15 is 0 Å². The number of urea groups is 1. The monoisotopic (exact) mass is 270 g/mol. The molecule has 1 heterocycles. The third-order valence-corrected chi connectivity index (χ3v) is 3.70. The molecule has 0 fully saturated rings. The number of hydrogen-bond acceptors (Lipinski definition) is 3. The molecule has 1 aromatic heterocycles. The van der Waals surface area contributed by atoms with Gasteiger partial charge in [0.2, 0.25) is 0 Å². The summed E-state index contributed by atoms with van der Waals surface area (Å²) in [4.78, 5) is 22.6. The summed E-state index contributed by atoms with van der Waals surface area (Å²) in [5.74, 6) is -0.900. The summed E-state index contributed by atoms with van der Waals surface area (Å²) >= 11 is 1.57. The molecule has 0 aliphatic rings. The molecule has 0 spiro atoms. The second kappa shape index (κ2) is 6.39. The van der Waals surface area contributed by atoms with E-state index in [-0.39, 0.29) is 12.6 Å². The average Bonchev–Trinajstić information content (AvgIpc) is 2.86. The molecule has 1 aromatic rings. The second-order valence-corrected chi connectivity index (χ2v) is 5.17. The fraction of sp³-hybridized carbons (Fsp3) is 0.500. The molecule has 6 heteroatoms. The highest BCUT2D eigenvalue weighted by Crippen LogP contribution is 2.19. The minimum atomic E-state index is -0.917. The number of carboxylic acids is 1. The summed E-state index contributed by atoms with van der Waals surface area (Å²) in [6, 6.07) is 1.58. The fourth-order valence-corrected chi connectivity index (χ4v) is 1.93. The molecule has 0 aliphatic heterocycles. The zero-order valence-electron chi connectivity index (χ0n) is 10.5. The Balaban J connectivity index is 2.34. The van der Waals surface area contributed by atoms with E-state index in [9.17, 15) is 9.59 Å². The zero-order chi connectivity index (χ0) is 13.6. The van der Waals surface area contributed by atoms with Crippen LogP contribution < -0.4 is 10.6 Å². The number of carbonyl (C=O) groups is 2. The molecule has 18 heavy (non-hydrogen) atoms. The minimum absolute atomic E-state index is 0.119. The number of rotatable bonds is 6. The Morgan fingerprint density at radius 2 is 2.17 bits per heavy atom. The smallest absolute Gasteiger partial charge is 0.315 e. The maximum atomic E-state index is 11.5. The van der Waals surface area contributed by atoms with Crippen LogP contribution in [0.5, 0.6) is 0 Å². The summed E-state index contributed by atoms with van der Waals surface area (Å²) in [5, 5.41) is 18.2. The molecule has 0 radical (unpaired) electrons. The lowest BCUT2D eigenvalue weighted by atomic mass is 9.88. The lowest BCUT2D eigenvalue weighted by Crippen LogP contribution is -2.44. The van der Waals surface area contributed by atoms with Gasteiger partial charge in [-0.3, -0.25) is 4.79 Å². The molecule has 1 rings (SSSR count). The van der Waals surface area contributed by atoms with E-state index < -0.39 is 11.4 Å². The van der Waals surface area contributed by atoms with Gasteiger partial charge >= 0.3 is 12.0 Å². The van der Waals surface area contributed by atoms with Crippen molar-refractivity contribution in [1.82, 2.24) is 10.6 Å². The number of amides is 2. The second-order valence-electron chi connectivity index (χ2n) is 4.39. The Morgan fingerprint density at radius 3 is 2.67 bits per heavy atom. The molecule has 0 aromatic carbocycles. The van der Waals surface area contributed by atoms with Crippen molar-refractivity contribution in [2.24, 2.45) is 5.41 Å². The standard InChI is InChI=1S/C12H18N2O3S/c1-3-12(2,10(15)16)8-14-11(17)13-6-9-4-5-18-7-9/h4-5,7H,3,6,8H2,1-2H3,(H,15,16)(H2,13,14,17). The highest BCUT2D eigenvalue weighted by atomic mass is 32.1. The van der Waals surface area contributed by atoms with Gasteiger partial charge in [0.05, 0.1) is 5.41 Å². The number of carbonyl (C=O) groups excluding carboxylic acids is 1. The van der Waals surface area contributed by atoms with E-state index in [0.717, 1.165) is 5.56 Å². The summed E-state index contributed by atoms with van der Waals surface area (Å²) < 4.78 is 0. The molecule has 0 bridgehead atoms. The first-order valence-corrected chi connectivity index (χ1v) is 6.68. The zero-order valence-corrected chi connectivity index (χ0v) is 11.3. The third-order valence-electron chi connectivity index (χ3n) is 2.97. The first-order chi connectivity index (χ1) is 8.48. The highest BCUT2D eigenvalue weighted by Gasteiger charge is 2.31. The predicted octanol–water partition coefficient (Wildman–Crippen LogP) is 2.05. The van der Waals surface area contributed by atoms with E-state index in [1.165, 1.54) is 0 Å². The van der Waals surface area contributed by atoms with Gasteiger partial charge in [0.1, 0.15) is 0 Å². The minimum Gasteiger partial charge on any atom is -0.481 e. The Labute approximate surface area is 110 Å². The normalized spacial score (nSPS) is 13.7. The number of hydrogen-bond donors (Lipinski definition) is 3. The molecule has 0 aliphatic carbocycles. The molecular formula is C12H18N2O3S. The molecule has 0 saturated carbocycles. The first kappa shape index (κ1) is 14.5. The highest BCUT2D eigenvalue weighted by molar-refractivity contribution is 7.07. The van der Waals surface area contributed by atoms with Gasteiger partial charge in [0, 0.05) is 13.1 Å². The van der Waals surface area contributed by atoms with Gasteiger partial charge in [-0.1, -0.05) is 6.92 Å². The molecule has 2 amide bonds. The van der Waals surface area contributed by atoms with Crippen LogP contribution >= 0.6 is 11.3 Å². The van der Waals surface area contributed by atoms with Crippen LogP contribution in [0.15, 0.2) is 16.8 Å². The van der Waals surface area contributed by atoms with Crippen LogP contribution in [-0.4, -0.2) is 23.7 Å². The number of carboxylic acid groups (broad SMARTS) is 1. The van der Waals surface area contributed by atoms with Gasteiger partial charge in [-0.25, -0.2) is 4.79 Å². The van der Waals surface area contributed by atoms with Crippen molar-refractivity contribution in [2.45, 2.75) is 26.8 Å². The molecule has 1 unspecified atom stereocenters. The lowest BCUT2D eigenvalue weighted by Gasteiger charge is -2.23. The summed E-state index contributed by atoms with van der Waals surface area (Å²) in [7, 11) is 0. The van der Waals surface area contributed by atoms with Gasteiger partial charge in [0.15, 0.2) is 0 Å². The van der Waals surface area contributed by atoms with Gasteiger partial charge in [-0.15, -0.1) is 0 Å². The Kier molecular flexibility index (Phi) is 5.15. The predicted molar refractivity (Wildman–Crippen MR) is 70.6 cm³/mol. The summed E-state index contributed by atoms with van der Waals surface area (Å²) in [6.07, 6.45) is 0.465. The third kappa shape index (κ3) is 4.03. The Morgan fingerprint density at radius 1 is 1.44 bits per heavy atom. The van der Waals surface area contributed by atoms with E-state index in [1.54, 1.807) is 25.2 Å². The maximum absolute atomic E-state index is 11.5. The van der Waals surface area contributed by atoms with Gasteiger partial charge in [-0.05, 0) is 35.7 Å². The van der Waals surface area contributed by atoms with Crippen LogP contribution in [0.1, 0.15) is 25.8 Å². The topological polar surface area (TPSA) is 78.4 Å². The van der Waals surface area contributed by atoms with Crippen LogP contribution in [0.25, 0.3) is 0 Å². The van der Waals surface area contributed by atoms with Gasteiger partial charge in [0.25, 0.3) is 0 Å². The van der Waals surface area contributed by atoms with Crippen molar-refractivity contribution in [2.75, 3.05) is 6.54 Å². The SMILES string of the molecule is CCC(C)(CNC(=O)NCc1ccsc1)C(=O)O. The quantitative estimate of drug-likeness (QED) is 0.740. The molecule has 5 nitrogen and oxygen atoms in total. The molecular weight excluding hydrogens is 252 g/mol. The lowest BCUT2D eigenvalue weighted by molar-refractivity contribution is -0.147. The van der Waals surface area contributed by atoms with Gasteiger partial charge in [-0.2, -0.15) is 11.3 Å². The van der Waals surface area contributed by atoms with Crippen molar-refractivity contribution in [3.05, 3.63) is 22.4 Å². The fourth-order valence-electron chi connectivity index (χ4n) is 1.27. The molecule has 1 atom stereocenters. The van der Waals surface area contributed by atoms with Gasteiger partial charge < -0.3 is 15.7 Å². The molecule has 100 valence electrons. The van der Waals surface area contributed by atoms with Crippen LogP contribution in [0.4, 0.5) is 4.79 Å². The first-order valence-electron chi connectivity index (χ1n) is 5.74. The van der Waals surface area contributed by atoms with Crippen molar-refractivity contribution in [3.63, 3.8) is 0 Å². The number of nitrogens with one attached hydrogen (secondary N) is 2. The van der Waals surface area contributed by atoms with E-state index in [0.29, 0.717) is 13.0 Å². The van der Waals surface area contributed by atoms with Crippen molar-refractivity contribution in [1.29, 1.82) is 0 Å². The summed E-state index contributed by atoms with van der Waals surface area (Å²) in [5.41, 5.74) is 0.117. The summed E-state index contributed by atoms with van der Waals surface area (Å²) in [6.45, 7) is 3.98. The Bertz CT molecular complexity index is 405.